The minimum absolute atomic E-state index is 0.0997. The van der Waals surface area contributed by atoms with Crippen molar-refractivity contribution in [2.75, 3.05) is 13.3 Å². The first kappa shape index (κ1) is 22.2. The van der Waals surface area contributed by atoms with Crippen LogP contribution in [0.4, 0.5) is 0 Å². The molecule has 6 rings (SSSR count). The fourth-order valence-electron chi connectivity index (χ4n) is 4.85. The van der Waals surface area contributed by atoms with Crippen molar-refractivity contribution in [3.63, 3.8) is 0 Å². The molecule has 6 nitrogen and oxygen atoms in total. The van der Waals surface area contributed by atoms with Crippen molar-refractivity contribution in [3.05, 3.63) is 92.0 Å². The van der Waals surface area contributed by atoms with Crippen molar-refractivity contribution in [2.45, 2.75) is 12.5 Å². The molecule has 2 aliphatic rings. The van der Waals surface area contributed by atoms with Crippen LogP contribution in [-0.4, -0.2) is 34.2 Å². The lowest BCUT2D eigenvalue weighted by Gasteiger charge is -2.35. The maximum atomic E-state index is 13.5. The summed E-state index contributed by atoms with van der Waals surface area (Å²) in [5.41, 5.74) is 5.07. The predicted molar refractivity (Wildman–Crippen MR) is 141 cm³/mol. The van der Waals surface area contributed by atoms with Gasteiger partial charge in [0.05, 0.1) is 15.0 Å². The molecule has 1 unspecified atom stereocenters. The lowest BCUT2D eigenvalue weighted by molar-refractivity contribution is -0.128. The lowest BCUT2D eigenvalue weighted by Crippen LogP contribution is -2.39. The number of carbonyl (C=O) groups is 1. The first-order valence-corrected chi connectivity index (χ1v) is 12.7. The summed E-state index contributed by atoms with van der Waals surface area (Å²) in [6.07, 6.45) is 4.10. The van der Waals surface area contributed by atoms with Crippen LogP contribution in [0.2, 0.25) is 0 Å². The van der Waals surface area contributed by atoms with Crippen LogP contribution in [0, 0.1) is 0 Å². The fourth-order valence-corrected chi connectivity index (χ4v) is 6.07. The van der Waals surface area contributed by atoms with E-state index in [1.54, 1.807) is 24.3 Å². The molecule has 4 aromatic rings. The molecule has 0 spiro atoms. The van der Waals surface area contributed by atoms with Crippen molar-refractivity contribution in [1.29, 1.82) is 0 Å². The number of fused-ring (bicyclic) bond motifs is 4. The van der Waals surface area contributed by atoms with Crippen LogP contribution in [0.15, 0.2) is 69.6 Å². The summed E-state index contributed by atoms with van der Waals surface area (Å²) in [5, 5.41) is 11.2. The monoisotopic (exact) mass is 594 g/mol. The number of aromatic nitrogens is 1. The van der Waals surface area contributed by atoms with Gasteiger partial charge in [0.15, 0.2) is 11.5 Å². The van der Waals surface area contributed by atoms with Gasteiger partial charge in [-0.25, -0.2) is 0 Å². The second-order valence-electron chi connectivity index (χ2n) is 8.53. The number of nitrogens with zero attached hydrogens (tertiary/aromatic N) is 1. The smallest absolute Gasteiger partial charge is 0.247 e. The SMILES string of the molecule is O=C(/C=C/c1cc(Br)c(O)c(Br)c1)N1CCc2c([nH]c3ccccc23)C1c1ccc2c(c1)OCO2. The second kappa shape index (κ2) is 8.77. The summed E-state index contributed by atoms with van der Waals surface area (Å²) in [6, 6.07) is 17.4. The number of para-hydroxylation sites is 1. The summed E-state index contributed by atoms with van der Waals surface area (Å²) in [4.78, 5) is 19.0. The Labute approximate surface area is 218 Å². The normalized spacial score (nSPS) is 16.7. The molecule has 35 heavy (non-hydrogen) atoms. The lowest BCUT2D eigenvalue weighted by atomic mass is 9.92. The van der Waals surface area contributed by atoms with E-state index in [1.807, 2.05) is 35.2 Å². The molecule has 176 valence electrons. The molecule has 3 aromatic carbocycles. The number of halogens is 2. The van der Waals surface area contributed by atoms with E-state index in [2.05, 4.69) is 49.0 Å². The minimum atomic E-state index is -0.295. The van der Waals surface area contributed by atoms with Gasteiger partial charge in [0.2, 0.25) is 12.7 Å². The van der Waals surface area contributed by atoms with E-state index in [4.69, 9.17) is 9.47 Å². The summed E-state index contributed by atoms with van der Waals surface area (Å²) < 4.78 is 12.2. The number of nitrogens with one attached hydrogen (secondary N) is 1. The van der Waals surface area contributed by atoms with Crippen LogP contribution in [0.25, 0.3) is 17.0 Å². The molecule has 2 N–H and O–H groups in total. The summed E-state index contributed by atoms with van der Waals surface area (Å²) in [6.45, 7) is 0.782. The molecular weight excluding hydrogens is 576 g/mol. The number of hydrogen-bond acceptors (Lipinski definition) is 4. The van der Waals surface area contributed by atoms with E-state index < -0.39 is 0 Å². The number of rotatable bonds is 3. The quantitative estimate of drug-likeness (QED) is 0.272. The number of ether oxygens (including phenoxy) is 2. The van der Waals surface area contributed by atoms with E-state index in [-0.39, 0.29) is 24.5 Å². The highest BCUT2D eigenvalue weighted by molar-refractivity contribution is 9.11. The third kappa shape index (κ3) is 3.90. The van der Waals surface area contributed by atoms with Crippen LogP contribution < -0.4 is 9.47 Å². The van der Waals surface area contributed by atoms with Crippen LogP contribution in [0.1, 0.15) is 28.4 Å². The van der Waals surface area contributed by atoms with Crippen molar-refractivity contribution < 1.29 is 19.4 Å². The molecule has 0 aliphatic carbocycles. The standard InChI is InChI=1S/C27H20Br2N2O4/c28-19-11-15(12-20(29)27(19)33)5-8-24(32)31-10-9-18-17-3-1-2-4-21(17)30-25(18)26(31)16-6-7-22-23(13-16)35-14-34-22/h1-8,11-13,26,30,33H,9-10,14H2/b8-5+. The van der Waals surface area contributed by atoms with Gasteiger partial charge in [-0.2, -0.15) is 0 Å². The molecule has 1 aromatic heterocycles. The largest absolute Gasteiger partial charge is 0.506 e. The predicted octanol–water partition coefficient (Wildman–Crippen LogP) is 6.31. The number of aromatic amines is 1. The highest BCUT2D eigenvalue weighted by Crippen LogP contribution is 2.42. The Bertz CT molecular complexity index is 1490. The van der Waals surface area contributed by atoms with Gasteiger partial charge in [0.25, 0.3) is 0 Å². The highest BCUT2D eigenvalue weighted by atomic mass is 79.9. The molecule has 0 bridgehead atoms. The van der Waals surface area contributed by atoms with Crippen LogP contribution in [-0.2, 0) is 11.2 Å². The van der Waals surface area contributed by atoms with Gasteiger partial charge in [-0.3, -0.25) is 4.79 Å². The van der Waals surface area contributed by atoms with E-state index in [0.29, 0.717) is 27.0 Å². The number of H-pyrrole nitrogens is 1. The van der Waals surface area contributed by atoms with Gasteiger partial charge < -0.3 is 24.5 Å². The van der Waals surface area contributed by atoms with Gasteiger partial charge in [-0.1, -0.05) is 24.3 Å². The molecule has 8 heteroatoms. The number of amides is 1. The average molecular weight is 596 g/mol. The minimum Gasteiger partial charge on any atom is -0.506 e. The van der Waals surface area contributed by atoms with Crippen molar-refractivity contribution in [2.24, 2.45) is 0 Å². The van der Waals surface area contributed by atoms with Gasteiger partial charge in [-0.15, -0.1) is 0 Å². The first-order valence-electron chi connectivity index (χ1n) is 11.2. The number of phenolic OH excluding ortho intramolecular Hbond substituents is 1. The van der Waals surface area contributed by atoms with Gasteiger partial charge in [0.1, 0.15) is 5.75 Å². The Balaban J connectivity index is 1.41. The Morgan fingerprint density at radius 3 is 2.66 bits per heavy atom. The van der Waals surface area contributed by atoms with Gasteiger partial charge >= 0.3 is 0 Å². The van der Waals surface area contributed by atoms with Gasteiger partial charge in [0, 0.05) is 29.2 Å². The van der Waals surface area contributed by atoms with Gasteiger partial charge in [-0.05, 0) is 91.4 Å². The zero-order valence-electron chi connectivity index (χ0n) is 18.4. The Morgan fingerprint density at radius 1 is 1.06 bits per heavy atom. The molecule has 1 atom stereocenters. The van der Waals surface area contributed by atoms with Crippen molar-refractivity contribution in [3.8, 4) is 17.2 Å². The zero-order chi connectivity index (χ0) is 24.1. The maximum absolute atomic E-state index is 13.5. The topological polar surface area (TPSA) is 74.8 Å². The summed E-state index contributed by atoms with van der Waals surface area (Å²) >= 11 is 6.69. The van der Waals surface area contributed by atoms with Crippen molar-refractivity contribution in [1.82, 2.24) is 9.88 Å². The molecule has 1 amide bonds. The van der Waals surface area contributed by atoms with E-state index in [0.717, 1.165) is 28.8 Å². The first-order chi connectivity index (χ1) is 17.0. The molecule has 0 saturated carbocycles. The molecular formula is C27H20Br2N2O4. The molecule has 2 aliphatic heterocycles. The maximum Gasteiger partial charge on any atom is 0.247 e. The highest BCUT2D eigenvalue weighted by Gasteiger charge is 2.34. The Morgan fingerprint density at radius 2 is 1.83 bits per heavy atom. The molecule has 3 heterocycles. The molecule has 0 radical (unpaired) electrons. The average Bonchev–Trinajstić information content (AvgIpc) is 3.49. The fraction of sp³-hybridized carbons (Fsp3) is 0.148. The molecule has 0 saturated heterocycles. The number of phenols is 1. The Kier molecular flexibility index (Phi) is 5.57. The summed E-state index contributed by atoms with van der Waals surface area (Å²) in [7, 11) is 0. The van der Waals surface area contributed by atoms with E-state index in [9.17, 15) is 9.90 Å². The summed E-state index contributed by atoms with van der Waals surface area (Å²) in [5.74, 6) is 1.42. The number of benzene rings is 3. The molecule has 0 fully saturated rings. The number of aromatic hydroxyl groups is 1. The number of carbonyl (C=O) groups excluding carboxylic acids is 1. The van der Waals surface area contributed by atoms with Crippen LogP contribution in [0.3, 0.4) is 0 Å². The number of hydrogen-bond donors (Lipinski definition) is 2. The van der Waals surface area contributed by atoms with Crippen LogP contribution in [0.5, 0.6) is 17.2 Å². The zero-order valence-corrected chi connectivity index (χ0v) is 21.6. The van der Waals surface area contributed by atoms with Crippen LogP contribution >= 0.6 is 31.9 Å². The Hall–Kier alpha value is -3.23. The third-order valence-corrected chi connectivity index (χ3v) is 7.70. The third-order valence-electron chi connectivity index (χ3n) is 6.49. The van der Waals surface area contributed by atoms with Crippen molar-refractivity contribution >= 4 is 54.7 Å². The van der Waals surface area contributed by atoms with E-state index in [1.165, 1.54) is 10.9 Å². The van der Waals surface area contributed by atoms with E-state index >= 15 is 0 Å². The second-order valence-corrected chi connectivity index (χ2v) is 10.2.